The zero-order valence-corrected chi connectivity index (χ0v) is 10.6. The van der Waals surface area contributed by atoms with Gasteiger partial charge in [-0.25, -0.2) is 8.78 Å². The first kappa shape index (κ1) is 14.0. The number of rotatable bonds is 3. The summed E-state index contributed by atoms with van der Waals surface area (Å²) in [4.78, 5) is 0. The van der Waals surface area contributed by atoms with Gasteiger partial charge in [0.05, 0.1) is 0 Å². The highest BCUT2D eigenvalue weighted by Gasteiger charge is 2.05. The van der Waals surface area contributed by atoms with Gasteiger partial charge in [-0.3, -0.25) is 0 Å². The van der Waals surface area contributed by atoms with E-state index in [9.17, 15) is 8.78 Å². The Bertz CT molecular complexity index is 657. The SMILES string of the molecule is OCC#Cc1cccc(OCc2cc(F)ccc2F)c1. The molecule has 0 unspecified atom stereocenters. The molecule has 0 heterocycles. The Morgan fingerprint density at radius 1 is 1.10 bits per heavy atom. The van der Waals surface area contributed by atoms with Crippen LogP contribution in [0.5, 0.6) is 5.75 Å². The van der Waals surface area contributed by atoms with Crippen LogP contribution >= 0.6 is 0 Å². The van der Waals surface area contributed by atoms with Crippen LogP contribution in [0.15, 0.2) is 42.5 Å². The van der Waals surface area contributed by atoms with Crippen LogP contribution in [-0.4, -0.2) is 11.7 Å². The minimum Gasteiger partial charge on any atom is -0.489 e. The molecule has 0 spiro atoms. The van der Waals surface area contributed by atoms with E-state index in [0.717, 1.165) is 18.2 Å². The second-order valence-electron chi connectivity index (χ2n) is 4.01. The maximum atomic E-state index is 13.4. The molecule has 0 radical (unpaired) electrons. The van der Waals surface area contributed by atoms with Gasteiger partial charge in [0.25, 0.3) is 0 Å². The highest BCUT2D eigenvalue weighted by Crippen LogP contribution is 2.16. The Morgan fingerprint density at radius 2 is 1.95 bits per heavy atom. The highest BCUT2D eigenvalue weighted by molar-refractivity contribution is 5.39. The van der Waals surface area contributed by atoms with Crippen LogP contribution in [0, 0.1) is 23.5 Å². The molecular formula is C16H12F2O2. The number of ether oxygens (including phenoxy) is 1. The third-order valence-electron chi connectivity index (χ3n) is 2.55. The van der Waals surface area contributed by atoms with Crippen molar-refractivity contribution in [2.45, 2.75) is 6.61 Å². The Morgan fingerprint density at radius 3 is 2.75 bits per heavy atom. The number of benzene rings is 2. The zero-order valence-electron chi connectivity index (χ0n) is 10.6. The molecule has 20 heavy (non-hydrogen) atoms. The van der Waals surface area contributed by atoms with Crippen LogP contribution in [0.25, 0.3) is 0 Å². The van der Waals surface area contributed by atoms with Gasteiger partial charge in [0, 0.05) is 11.1 Å². The molecule has 0 saturated carbocycles. The molecule has 0 aromatic heterocycles. The second-order valence-corrected chi connectivity index (χ2v) is 4.01. The van der Waals surface area contributed by atoms with Gasteiger partial charge in [-0.15, -0.1) is 0 Å². The third kappa shape index (κ3) is 3.81. The zero-order chi connectivity index (χ0) is 14.4. The van der Waals surface area contributed by atoms with Crippen molar-refractivity contribution in [2.24, 2.45) is 0 Å². The van der Waals surface area contributed by atoms with Crippen LogP contribution in [0.1, 0.15) is 11.1 Å². The maximum Gasteiger partial charge on any atom is 0.130 e. The topological polar surface area (TPSA) is 29.5 Å². The molecule has 2 aromatic rings. The average molecular weight is 274 g/mol. The first-order chi connectivity index (χ1) is 9.69. The predicted molar refractivity (Wildman–Crippen MR) is 71.1 cm³/mol. The van der Waals surface area contributed by atoms with E-state index in [1.165, 1.54) is 0 Å². The Kier molecular flexibility index (Phi) is 4.70. The van der Waals surface area contributed by atoms with Gasteiger partial charge in [0.15, 0.2) is 0 Å². The Balaban J connectivity index is 2.09. The normalized spacial score (nSPS) is 9.75. The number of halogens is 2. The molecule has 1 N–H and O–H groups in total. The van der Waals surface area contributed by atoms with Crippen LogP contribution in [-0.2, 0) is 6.61 Å². The molecule has 2 nitrogen and oxygen atoms in total. The molecular weight excluding hydrogens is 262 g/mol. The van der Waals surface area contributed by atoms with Crippen LogP contribution in [0.3, 0.4) is 0 Å². The number of aliphatic hydroxyl groups excluding tert-OH is 1. The van der Waals surface area contributed by atoms with Crippen molar-refractivity contribution in [3.05, 3.63) is 65.2 Å². The van der Waals surface area contributed by atoms with E-state index in [1.807, 2.05) is 0 Å². The maximum absolute atomic E-state index is 13.4. The molecule has 0 amide bonds. The number of aliphatic hydroxyl groups is 1. The van der Waals surface area contributed by atoms with Crippen LogP contribution in [0.4, 0.5) is 8.78 Å². The summed E-state index contributed by atoms with van der Waals surface area (Å²) in [6, 6.07) is 10.1. The van der Waals surface area contributed by atoms with Gasteiger partial charge in [0.1, 0.15) is 30.6 Å². The smallest absolute Gasteiger partial charge is 0.130 e. The minimum absolute atomic E-state index is 0.0690. The van der Waals surface area contributed by atoms with Crippen LogP contribution in [0.2, 0.25) is 0 Å². The summed E-state index contributed by atoms with van der Waals surface area (Å²) in [5.74, 6) is 4.74. The molecule has 0 aliphatic carbocycles. The van der Waals surface area contributed by atoms with Gasteiger partial charge < -0.3 is 9.84 Å². The summed E-state index contributed by atoms with van der Waals surface area (Å²) in [6.07, 6.45) is 0. The van der Waals surface area contributed by atoms with Crippen molar-refractivity contribution in [3.63, 3.8) is 0 Å². The molecule has 0 aliphatic heterocycles. The average Bonchev–Trinajstić information content (AvgIpc) is 2.46. The molecule has 0 atom stereocenters. The lowest BCUT2D eigenvalue weighted by Gasteiger charge is -2.07. The van der Waals surface area contributed by atoms with E-state index in [0.29, 0.717) is 11.3 Å². The quantitative estimate of drug-likeness (QED) is 0.872. The number of hydrogen-bond donors (Lipinski definition) is 1. The lowest BCUT2D eigenvalue weighted by molar-refractivity contribution is 0.299. The fourth-order valence-electron chi connectivity index (χ4n) is 1.62. The lowest BCUT2D eigenvalue weighted by atomic mass is 10.2. The summed E-state index contributed by atoms with van der Waals surface area (Å²) < 4.78 is 31.8. The van der Waals surface area contributed by atoms with E-state index >= 15 is 0 Å². The van der Waals surface area contributed by atoms with Gasteiger partial charge >= 0.3 is 0 Å². The summed E-state index contributed by atoms with van der Waals surface area (Å²) in [7, 11) is 0. The molecule has 0 aliphatic rings. The van der Waals surface area contributed by atoms with Crippen molar-refractivity contribution in [1.82, 2.24) is 0 Å². The summed E-state index contributed by atoms with van der Waals surface area (Å²) in [5.41, 5.74) is 0.827. The van der Waals surface area contributed by atoms with Gasteiger partial charge in [0.2, 0.25) is 0 Å². The summed E-state index contributed by atoms with van der Waals surface area (Å²) in [5, 5.41) is 8.62. The number of hydrogen-bond acceptors (Lipinski definition) is 2. The van der Waals surface area contributed by atoms with E-state index in [1.54, 1.807) is 24.3 Å². The van der Waals surface area contributed by atoms with E-state index in [4.69, 9.17) is 9.84 Å². The predicted octanol–water partition coefficient (Wildman–Crippen LogP) is 2.89. The molecule has 0 fully saturated rings. The second kappa shape index (κ2) is 6.69. The standard InChI is InChI=1S/C16H12F2O2/c17-14-6-7-16(18)13(10-14)11-20-15-5-1-3-12(9-15)4-2-8-19/h1,3,5-7,9-10,19H,8,11H2. The van der Waals surface area contributed by atoms with Crippen molar-refractivity contribution in [1.29, 1.82) is 0 Å². The third-order valence-corrected chi connectivity index (χ3v) is 2.55. The first-order valence-electron chi connectivity index (χ1n) is 5.95. The summed E-state index contributed by atoms with van der Waals surface area (Å²) >= 11 is 0. The summed E-state index contributed by atoms with van der Waals surface area (Å²) in [6.45, 7) is -0.292. The lowest BCUT2D eigenvalue weighted by Crippen LogP contribution is -1.99. The molecule has 4 heteroatoms. The van der Waals surface area contributed by atoms with Crippen molar-refractivity contribution in [3.8, 4) is 17.6 Å². The Labute approximate surface area is 115 Å². The first-order valence-corrected chi connectivity index (χ1v) is 5.95. The Hall–Kier alpha value is -2.38. The monoisotopic (exact) mass is 274 g/mol. The van der Waals surface area contributed by atoms with Crippen molar-refractivity contribution in [2.75, 3.05) is 6.61 Å². The van der Waals surface area contributed by atoms with E-state index < -0.39 is 11.6 Å². The fraction of sp³-hybridized carbons (Fsp3) is 0.125. The van der Waals surface area contributed by atoms with Crippen molar-refractivity contribution < 1.29 is 18.6 Å². The van der Waals surface area contributed by atoms with E-state index in [2.05, 4.69) is 11.8 Å². The molecule has 0 saturated heterocycles. The van der Waals surface area contributed by atoms with Crippen LogP contribution < -0.4 is 4.74 Å². The fourth-order valence-corrected chi connectivity index (χ4v) is 1.62. The largest absolute Gasteiger partial charge is 0.489 e. The van der Waals surface area contributed by atoms with Gasteiger partial charge in [-0.05, 0) is 36.4 Å². The van der Waals surface area contributed by atoms with E-state index in [-0.39, 0.29) is 18.8 Å². The molecule has 102 valence electrons. The van der Waals surface area contributed by atoms with Crippen molar-refractivity contribution >= 4 is 0 Å². The molecule has 0 bridgehead atoms. The molecule has 2 aromatic carbocycles. The highest BCUT2D eigenvalue weighted by atomic mass is 19.1. The van der Waals surface area contributed by atoms with Gasteiger partial charge in [-0.2, -0.15) is 0 Å². The molecule has 2 rings (SSSR count). The van der Waals surface area contributed by atoms with Gasteiger partial charge in [-0.1, -0.05) is 17.9 Å². The minimum atomic E-state index is -0.511.